The van der Waals surface area contributed by atoms with Gasteiger partial charge >= 0.3 is 0 Å². The average molecular weight is 403 g/mol. The van der Waals surface area contributed by atoms with Crippen molar-refractivity contribution in [1.29, 1.82) is 0 Å². The first-order valence-corrected chi connectivity index (χ1v) is 10.0. The monoisotopic (exact) mass is 403 g/mol. The molecule has 28 heavy (non-hydrogen) atoms. The van der Waals surface area contributed by atoms with Crippen molar-refractivity contribution in [3.05, 3.63) is 95.1 Å². The van der Waals surface area contributed by atoms with Gasteiger partial charge in [-0.05, 0) is 66.1 Å². The molecule has 0 aromatic heterocycles. The molecule has 0 bridgehead atoms. The van der Waals surface area contributed by atoms with Crippen LogP contribution in [0.15, 0.2) is 71.6 Å². The Morgan fingerprint density at radius 3 is 2.18 bits per heavy atom. The van der Waals surface area contributed by atoms with Crippen molar-refractivity contribution in [3.8, 4) is 5.75 Å². The summed E-state index contributed by atoms with van der Waals surface area (Å²) >= 11 is 0. The maximum Gasteiger partial charge on any atom is 0.240 e. The number of halogens is 2. The molecule has 7 heteroatoms. The highest BCUT2D eigenvalue weighted by molar-refractivity contribution is 7.89. The Morgan fingerprint density at radius 1 is 0.893 bits per heavy atom. The van der Waals surface area contributed by atoms with Gasteiger partial charge in [-0.3, -0.25) is 0 Å². The average Bonchev–Trinajstić information content (AvgIpc) is 2.69. The molecule has 3 aromatic carbocycles. The van der Waals surface area contributed by atoms with Crippen LogP contribution in [-0.4, -0.2) is 8.42 Å². The lowest BCUT2D eigenvalue weighted by molar-refractivity contribution is 0.306. The number of ether oxygens (including phenoxy) is 1. The zero-order valence-electron chi connectivity index (χ0n) is 15.2. The van der Waals surface area contributed by atoms with Crippen LogP contribution in [-0.2, 0) is 23.2 Å². The summed E-state index contributed by atoms with van der Waals surface area (Å²) in [6.07, 6.45) is 0. The van der Waals surface area contributed by atoms with E-state index in [0.717, 1.165) is 17.2 Å². The lowest BCUT2D eigenvalue weighted by atomic mass is 10.2. The molecule has 0 unspecified atom stereocenters. The fraction of sp³-hybridized carbons (Fsp3) is 0.143. The molecule has 0 radical (unpaired) electrons. The van der Waals surface area contributed by atoms with Crippen molar-refractivity contribution in [3.63, 3.8) is 0 Å². The van der Waals surface area contributed by atoms with E-state index in [0.29, 0.717) is 12.4 Å². The van der Waals surface area contributed by atoms with E-state index in [1.165, 1.54) is 31.2 Å². The van der Waals surface area contributed by atoms with Gasteiger partial charge < -0.3 is 4.74 Å². The van der Waals surface area contributed by atoms with Gasteiger partial charge in [0.25, 0.3) is 0 Å². The quantitative estimate of drug-likeness (QED) is 0.639. The Hall–Kier alpha value is -2.77. The second-order valence-corrected chi connectivity index (χ2v) is 8.06. The van der Waals surface area contributed by atoms with E-state index in [4.69, 9.17) is 4.74 Å². The zero-order valence-corrected chi connectivity index (χ0v) is 16.0. The van der Waals surface area contributed by atoms with Crippen molar-refractivity contribution in [1.82, 2.24) is 4.72 Å². The maximum atomic E-state index is 13.3. The Bertz CT molecular complexity index is 1050. The van der Waals surface area contributed by atoms with Crippen molar-refractivity contribution >= 4 is 10.0 Å². The Morgan fingerprint density at radius 2 is 1.54 bits per heavy atom. The van der Waals surface area contributed by atoms with E-state index in [1.807, 2.05) is 0 Å². The first-order chi connectivity index (χ1) is 13.3. The predicted octanol–water partition coefficient (Wildman–Crippen LogP) is 4.33. The minimum absolute atomic E-state index is 0.0191. The summed E-state index contributed by atoms with van der Waals surface area (Å²) < 4.78 is 59.0. The van der Waals surface area contributed by atoms with Crippen molar-refractivity contribution < 1.29 is 21.9 Å². The van der Waals surface area contributed by atoms with E-state index >= 15 is 0 Å². The van der Waals surface area contributed by atoms with Gasteiger partial charge in [0, 0.05) is 6.54 Å². The molecule has 3 aromatic rings. The molecule has 0 aliphatic rings. The van der Waals surface area contributed by atoms with Crippen LogP contribution < -0.4 is 9.46 Å². The minimum atomic E-state index is -3.74. The molecule has 0 atom stereocenters. The van der Waals surface area contributed by atoms with Crippen molar-refractivity contribution in [2.24, 2.45) is 0 Å². The van der Waals surface area contributed by atoms with E-state index in [2.05, 4.69) is 4.72 Å². The number of aryl methyl sites for hydroxylation is 1. The molecule has 0 heterocycles. The van der Waals surface area contributed by atoms with Gasteiger partial charge in [-0.25, -0.2) is 21.9 Å². The molecule has 0 saturated heterocycles. The number of hydrogen-bond acceptors (Lipinski definition) is 3. The van der Waals surface area contributed by atoms with Crippen LogP contribution in [0.2, 0.25) is 0 Å². The molecule has 3 rings (SSSR count). The van der Waals surface area contributed by atoms with Gasteiger partial charge in [0.05, 0.1) is 4.90 Å². The van der Waals surface area contributed by atoms with Crippen molar-refractivity contribution in [2.75, 3.05) is 0 Å². The van der Waals surface area contributed by atoms with Gasteiger partial charge in [-0.2, -0.15) is 0 Å². The van der Waals surface area contributed by atoms with Crippen LogP contribution >= 0.6 is 0 Å². The van der Waals surface area contributed by atoms with E-state index in [1.54, 1.807) is 36.4 Å². The van der Waals surface area contributed by atoms with Crippen molar-refractivity contribution in [2.45, 2.75) is 25.0 Å². The summed E-state index contributed by atoms with van der Waals surface area (Å²) in [7, 11) is -3.74. The third kappa shape index (κ3) is 5.15. The van der Waals surface area contributed by atoms with E-state index in [9.17, 15) is 17.2 Å². The van der Waals surface area contributed by atoms with Crippen LogP contribution in [0.1, 0.15) is 16.7 Å². The molecule has 0 saturated carbocycles. The minimum Gasteiger partial charge on any atom is -0.489 e. The lowest BCUT2D eigenvalue weighted by Gasteiger charge is -2.10. The number of sulfonamides is 1. The lowest BCUT2D eigenvalue weighted by Crippen LogP contribution is -2.23. The Balaban J connectivity index is 1.57. The number of rotatable bonds is 7. The fourth-order valence-corrected chi connectivity index (χ4v) is 3.60. The second-order valence-electron chi connectivity index (χ2n) is 6.29. The highest BCUT2D eigenvalue weighted by atomic mass is 32.2. The molecule has 0 amide bonds. The molecule has 146 valence electrons. The molecule has 4 nitrogen and oxygen atoms in total. The topological polar surface area (TPSA) is 55.4 Å². The summed E-state index contributed by atoms with van der Waals surface area (Å²) in [5, 5.41) is 0. The van der Waals surface area contributed by atoms with Gasteiger partial charge in [0.15, 0.2) is 0 Å². The third-order valence-electron chi connectivity index (χ3n) is 4.15. The molecule has 1 N–H and O–H groups in total. The molecule has 0 aliphatic heterocycles. The Labute approximate surface area is 162 Å². The molecule has 0 fully saturated rings. The molecular formula is C21H19F2NO3S. The van der Waals surface area contributed by atoms with Crippen LogP contribution in [0.4, 0.5) is 8.78 Å². The first kappa shape index (κ1) is 20.0. The summed E-state index contributed by atoms with van der Waals surface area (Å²) in [4.78, 5) is 0.0191. The van der Waals surface area contributed by atoms with Gasteiger partial charge in [0.2, 0.25) is 10.0 Å². The SMILES string of the molecule is Cc1cc(S(=O)(=O)NCc2ccc(OCc3ccc(F)cc3)cc2)ccc1F. The van der Waals surface area contributed by atoms with Gasteiger partial charge in [0.1, 0.15) is 24.0 Å². The standard InChI is InChI=1S/C21H19F2NO3S/c1-15-12-20(10-11-21(15)23)28(25,26)24-13-16-4-8-19(9-5-16)27-14-17-2-6-18(22)7-3-17/h2-12,24H,13-14H2,1H3. The van der Waals surface area contributed by atoms with E-state index < -0.39 is 15.8 Å². The van der Waals surface area contributed by atoms with Gasteiger partial charge in [-0.15, -0.1) is 0 Å². The van der Waals surface area contributed by atoms with E-state index in [-0.39, 0.29) is 22.8 Å². The molecule has 0 aliphatic carbocycles. The van der Waals surface area contributed by atoms with Crippen LogP contribution in [0.5, 0.6) is 5.75 Å². The largest absolute Gasteiger partial charge is 0.489 e. The van der Waals surface area contributed by atoms with Crippen LogP contribution in [0.25, 0.3) is 0 Å². The number of hydrogen-bond donors (Lipinski definition) is 1. The molecule has 0 spiro atoms. The predicted molar refractivity (Wildman–Crippen MR) is 102 cm³/mol. The maximum absolute atomic E-state index is 13.3. The highest BCUT2D eigenvalue weighted by Crippen LogP contribution is 2.17. The smallest absolute Gasteiger partial charge is 0.240 e. The zero-order chi connectivity index (χ0) is 20.1. The highest BCUT2D eigenvalue weighted by Gasteiger charge is 2.15. The number of benzene rings is 3. The third-order valence-corrected chi connectivity index (χ3v) is 5.55. The summed E-state index contributed by atoms with van der Waals surface area (Å²) in [6.45, 7) is 1.91. The second kappa shape index (κ2) is 8.50. The normalized spacial score (nSPS) is 11.4. The molecular weight excluding hydrogens is 384 g/mol. The fourth-order valence-electron chi connectivity index (χ4n) is 2.50. The summed E-state index contributed by atoms with van der Waals surface area (Å²) in [5.41, 5.74) is 1.86. The van der Waals surface area contributed by atoms with Crippen LogP contribution in [0, 0.1) is 18.6 Å². The summed E-state index contributed by atoms with van der Waals surface area (Å²) in [5.74, 6) is -0.133. The van der Waals surface area contributed by atoms with Gasteiger partial charge in [-0.1, -0.05) is 24.3 Å². The first-order valence-electron chi connectivity index (χ1n) is 8.55. The van der Waals surface area contributed by atoms with Crippen LogP contribution in [0.3, 0.4) is 0 Å². The summed E-state index contributed by atoms with van der Waals surface area (Å²) in [6, 6.07) is 16.7. The Kier molecular flexibility index (Phi) is 6.06. The number of nitrogens with one attached hydrogen (secondary N) is 1.